The number of benzene rings is 1. The zero-order valence-corrected chi connectivity index (χ0v) is 14.6. The minimum absolute atomic E-state index is 0.134. The predicted octanol–water partition coefficient (Wildman–Crippen LogP) is 3.07. The van der Waals surface area contributed by atoms with Crippen LogP contribution in [-0.4, -0.2) is 24.0 Å². The van der Waals surface area contributed by atoms with E-state index in [0.29, 0.717) is 11.3 Å². The maximum atomic E-state index is 12.3. The lowest BCUT2D eigenvalue weighted by Crippen LogP contribution is -2.22. The van der Waals surface area contributed by atoms with E-state index in [2.05, 4.69) is 23.8 Å². The number of nitriles is 1. The van der Waals surface area contributed by atoms with Crippen molar-refractivity contribution in [2.75, 3.05) is 18.0 Å². The molecule has 0 aliphatic rings. The Labute approximate surface area is 142 Å². The Balaban J connectivity index is 2.32. The normalized spacial score (nSPS) is 10.8. The first kappa shape index (κ1) is 17.5. The number of nitrogens with zero attached hydrogens (tertiary/aromatic N) is 4. The highest BCUT2D eigenvalue weighted by Crippen LogP contribution is 2.14. The van der Waals surface area contributed by atoms with Gasteiger partial charge in [0.25, 0.3) is 5.56 Å². The van der Waals surface area contributed by atoms with E-state index in [-0.39, 0.29) is 11.1 Å². The van der Waals surface area contributed by atoms with Crippen LogP contribution in [0.4, 0.5) is 5.69 Å². The van der Waals surface area contributed by atoms with Crippen molar-refractivity contribution in [1.82, 2.24) is 4.68 Å². The van der Waals surface area contributed by atoms with Crippen LogP contribution in [0.25, 0.3) is 0 Å². The maximum Gasteiger partial charge on any atom is 0.289 e. The zero-order chi connectivity index (χ0) is 17.7. The third-order valence-electron chi connectivity index (χ3n) is 4.02. The second-order valence-corrected chi connectivity index (χ2v) is 5.58. The van der Waals surface area contributed by atoms with Gasteiger partial charge in [0.15, 0.2) is 0 Å². The highest BCUT2D eigenvalue weighted by atomic mass is 16.1. The van der Waals surface area contributed by atoms with Gasteiger partial charge in [0.1, 0.15) is 11.6 Å². The molecule has 0 saturated heterocycles. The Bertz CT molecular complexity index is 837. The van der Waals surface area contributed by atoms with Gasteiger partial charge in [-0.2, -0.15) is 10.4 Å². The molecule has 0 aliphatic carbocycles. The average Bonchev–Trinajstić information content (AvgIpc) is 2.57. The lowest BCUT2D eigenvalue weighted by Gasteiger charge is -2.20. The summed E-state index contributed by atoms with van der Waals surface area (Å²) >= 11 is 0. The van der Waals surface area contributed by atoms with Crippen molar-refractivity contribution in [3.63, 3.8) is 0 Å². The van der Waals surface area contributed by atoms with Gasteiger partial charge in [-0.15, -0.1) is 0 Å². The fraction of sp³-hybridized carbons (Fsp3) is 0.316. The second kappa shape index (κ2) is 7.60. The molecule has 0 saturated carbocycles. The van der Waals surface area contributed by atoms with Crippen molar-refractivity contribution in [2.24, 2.45) is 5.10 Å². The fourth-order valence-electron chi connectivity index (χ4n) is 2.65. The minimum Gasteiger partial charge on any atom is -0.372 e. The Morgan fingerprint density at radius 2 is 1.83 bits per heavy atom. The molecule has 0 bridgehead atoms. The van der Waals surface area contributed by atoms with E-state index in [1.54, 1.807) is 26.1 Å². The van der Waals surface area contributed by atoms with Crippen LogP contribution >= 0.6 is 0 Å². The van der Waals surface area contributed by atoms with E-state index < -0.39 is 0 Å². The highest BCUT2D eigenvalue weighted by molar-refractivity contribution is 5.80. The number of aryl methyl sites for hydroxylation is 2. The van der Waals surface area contributed by atoms with Crippen LogP contribution in [0.15, 0.2) is 40.2 Å². The summed E-state index contributed by atoms with van der Waals surface area (Å²) in [6.07, 6.45) is 1.64. The van der Waals surface area contributed by atoms with Gasteiger partial charge >= 0.3 is 0 Å². The molecule has 2 aromatic rings. The lowest BCUT2D eigenvalue weighted by atomic mass is 10.1. The summed E-state index contributed by atoms with van der Waals surface area (Å²) in [5.41, 5.74) is 3.19. The molecule has 0 amide bonds. The quantitative estimate of drug-likeness (QED) is 0.795. The van der Waals surface area contributed by atoms with Gasteiger partial charge in [-0.05, 0) is 57.0 Å². The molecular formula is C19H22N4O. The van der Waals surface area contributed by atoms with Crippen LogP contribution in [0.2, 0.25) is 0 Å². The van der Waals surface area contributed by atoms with Crippen LogP contribution in [0.5, 0.6) is 0 Å². The van der Waals surface area contributed by atoms with Crippen molar-refractivity contribution in [3.05, 3.63) is 63.1 Å². The summed E-state index contributed by atoms with van der Waals surface area (Å²) in [7, 11) is 0. The number of rotatable bonds is 5. The van der Waals surface area contributed by atoms with Gasteiger partial charge in [0, 0.05) is 24.5 Å². The van der Waals surface area contributed by atoms with Crippen LogP contribution in [0.3, 0.4) is 0 Å². The standard InChI is InChI=1S/C19H22N4O/c1-5-22(6-2)17-9-7-16(8-10-17)13-21-23-15(4)11-14(3)18(12-20)19(23)24/h7-11,13H,5-6H2,1-4H3/b21-13+. The summed E-state index contributed by atoms with van der Waals surface area (Å²) < 4.78 is 1.27. The van der Waals surface area contributed by atoms with Crippen molar-refractivity contribution < 1.29 is 0 Å². The van der Waals surface area contributed by atoms with E-state index in [1.807, 2.05) is 30.3 Å². The number of hydrogen-bond donors (Lipinski definition) is 0. The smallest absolute Gasteiger partial charge is 0.289 e. The van der Waals surface area contributed by atoms with E-state index in [0.717, 1.165) is 24.3 Å². The molecule has 0 unspecified atom stereocenters. The Morgan fingerprint density at radius 3 is 2.38 bits per heavy atom. The molecule has 0 spiro atoms. The average molecular weight is 322 g/mol. The van der Waals surface area contributed by atoms with Gasteiger partial charge in [0.2, 0.25) is 0 Å². The Kier molecular flexibility index (Phi) is 5.54. The van der Waals surface area contributed by atoms with Crippen molar-refractivity contribution in [3.8, 4) is 6.07 Å². The van der Waals surface area contributed by atoms with Crippen LogP contribution < -0.4 is 10.5 Å². The third-order valence-corrected chi connectivity index (χ3v) is 4.02. The van der Waals surface area contributed by atoms with Crippen molar-refractivity contribution >= 4 is 11.9 Å². The summed E-state index contributed by atoms with van der Waals surface area (Å²) in [6, 6.07) is 11.8. The lowest BCUT2D eigenvalue weighted by molar-refractivity contribution is 0.786. The predicted molar refractivity (Wildman–Crippen MR) is 97.9 cm³/mol. The maximum absolute atomic E-state index is 12.3. The molecule has 5 heteroatoms. The van der Waals surface area contributed by atoms with Crippen LogP contribution in [-0.2, 0) is 0 Å². The summed E-state index contributed by atoms with van der Waals surface area (Å²) in [6.45, 7) is 9.72. The van der Waals surface area contributed by atoms with Crippen LogP contribution in [0, 0.1) is 25.2 Å². The molecule has 2 rings (SSSR count). The molecule has 0 N–H and O–H groups in total. The molecule has 1 aromatic heterocycles. The number of aromatic nitrogens is 1. The molecule has 0 radical (unpaired) electrons. The third kappa shape index (κ3) is 3.54. The summed E-state index contributed by atoms with van der Waals surface area (Å²) in [5.74, 6) is 0. The fourth-order valence-corrected chi connectivity index (χ4v) is 2.65. The van der Waals surface area contributed by atoms with Gasteiger partial charge in [-0.3, -0.25) is 4.79 Å². The molecule has 1 heterocycles. The molecule has 5 nitrogen and oxygen atoms in total. The monoisotopic (exact) mass is 322 g/mol. The van der Waals surface area contributed by atoms with Gasteiger partial charge < -0.3 is 4.90 Å². The molecule has 124 valence electrons. The molecule has 1 aromatic carbocycles. The van der Waals surface area contributed by atoms with E-state index in [9.17, 15) is 4.79 Å². The van der Waals surface area contributed by atoms with E-state index in [1.165, 1.54) is 4.68 Å². The first-order valence-electron chi connectivity index (χ1n) is 8.04. The topological polar surface area (TPSA) is 61.4 Å². The number of hydrogen-bond acceptors (Lipinski definition) is 4. The van der Waals surface area contributed by atoms with E-state index in [4.69, 9.17) is 5.26 Å². The Morgan fingerprint density at radius 1 is 1.21 bits per heavy atom. The first-order valence-corrected chi connectivity index (χ1v) is 8.04. The van der Waals surface area contributed by atoms with Crippen molar-refractivity contribution in [1.29, 1.82) is 5.26 Å². The molecule has 0 atom stereocenters. The van der Waals surface area contributed by atoms with Crippen LogP contribution in [0.1, 0.15) is 36.2 Å². The number of pyridine rings is 1. The molecule has 0 aliphatic heterocycles. The second-order valence-electron chi connectivity index (χ2n) is 5.58. The number of anilines is 1. The largest absolute Gasteiger partial charge is 0.372 e. The zero-order valence-electron chi connectivity index (χ0n) is 14.6. The van der Waals surface area contributed by atoms with Crippen molar-refractivity contribution in [2.45, 2.75) is 27.7 Å². The molecular weight excluding hydrogens is 300 g/mol. The first-order chi connectivity index (χ1) is 11.5. The van der Waals surface area contributed by atoms with Gasteiger partial charge in [0.05, 0.1) is 6.21 Å². The van der Waals surface area contributed by atoms with Gasteiger partial charge in [-0.25, -0.2) is 4.68 Å². The minimum atomic E-state index is -0.383. The van der Waals surface area contributed by atoms with E-state index >= 15 is 0 Å². The Hall–Kier alpha value is -2.87. The summed E-state index contributed by atoms with van der Waals surface area (Å²) in [4.78, 5) is 14.6. The summed E-state index contributed by atoms with van der Waals surface area (Å²) in [5, 5.41) is 13.4. The SMILES string of the molecule is CCN(CC)c1ccc(/C=N/n2c(C)cc(C)c(C#N)c2=O)cc1. The molecule has 24 heavy (non-hydrogen) atoms. The molecule has 0 fully saturated rings. The van der Waals surface area contributed by atoms with Gasteiger partial charge in [-0.1, -0.05) is 12.1 Å². The highest BCUT2D eigenvalue weighted by Gasteiger charge is 2.09.